The second-order valence-electron chi connectivity index (χ2n) is 3.58. The maximum Gasteiger partial charge on any atom is 0.189 e. The van der Waals surface area contributed by atoms with Crippen LogP contribution < -0.4 is 0 Å². The first-order chi connectivity index (χ1) is 5.83. The number of carbonyl (C=O) groups is 1. The molecule has 0 atom stereocenters. The molecule has 0 radical (unpaired) electrons. The summed E-state index contributed by atoms with van der Waals surface area (Å²) in [4.78, 5) is 11.3. The zero-order valence-corrected chi connectivity index (χ0v) is 8.66. The summed E-state index contributed by atoms with van der Waals surface area (Å²) in [5.41, 5.74) is 0. The van der Waals surface area contributed by atoms with E-state index in [1.165, 1.54) is 37.4 Å². The fraction of sp³-hybridized carbons (Fsp3) is 0.900. The van der Waals surface area contributed by atoms with E-state index < -0.39 is 0 Å². The van der Waals surface area contributed by atoms with Crippen LogP contribution in [-0.2, 0) is 4.79 Å². The number of hydrogen-bond donors (Lipinski definition) is 0. The average Bonchev–Trinajstić information content (AvgIpc) is 2.53. The lowest BCUT2D eigenvalue weighted by Crippen LogP contribution is -2.01. The zero-order valence-electron chi connectivity index (χ0n) is 7.84. The molecule has 0 aromatic heterocycles. The van der Waals surface area contributed by atoms with Crippen LogP contribution in [0, 0.1) is 5.92 Å². The Labute approximate surface area is 79.3 Å². The Bertz CT molecular complexity index is 139. The first kappa shape index (κ1) is 10.1. The molecule has 0 spiro atoms. The fourth-order valence-corrected chi connectivity index (χ4v) is 2.51. The Hall–Kier alpha value is 0.0200. The second kappa shape index (κ2) is 5.63. The van der Waals surface area contributed by atoms with Gasteiger partial charge in [0.15, 0.2) is 5.12 Å². The molecule has 1 saturated carbocycles. The normalized spacial score (nSPS) is 18.4. The van der Waals surface area contributed by atoms with E-state index in [0.717, 1.165) is 24.5 Å². The second-order valence-corrected chi connectivity index (χ2v) is 4.73. The lowest BCUT2D eigenvalue weighted by molar-refractivity contribution is -0.111. The number of rotatable bonds is 4. The average molecular weight is 186 g/mol. The van der Waals surface area contributed by atoms with E-state index in [0.29, 0.717) is 5.12 Å². The lowest BCUT2D eigenvalue weighted by atomic mass is 10.1. The summed E-state index contributed by atoms with van der Waals surface area (Å²) in [7, 11) is 0. The SMILES string of the molecule is CCCSC(=O)CC1CCCC1. The van der Waals surface area contributed by atoms with Gasteiger partial charge < -0.3 is 0 Å². The summed E-state index contributed by atoms with van der Waals surface area (Å²) in [6, 6.07) is 0. The highest BCUT2D eigenvalue weighted by molar-refractivity contribution is 8.13. The van der Waals surface area contributed by atoms with Crippen LogP contribution in [-0.4, -0.2) is 10.9 Å². The Morgan fingerprint density at radius 2 is 2.08 bits per heavy atom. The summed E-state index contributed by atoms with van der Waals surface area (Å²) in [5.74, 6) is 1.73. The van der Waals surface area contributed by atoms with Crippen LogP contribution in [0.3, 0.4) is 0 Å². The molecule has 1 nitrogen and oxygen atoms in total. The largest absolute Gasteiger partial charge is 0.287 e. The third kappa shape index (κ3) is 3.61. The van der Waals surface area contributed by atoms with E-state index in [9.17, 15) is 4.79 Å². The van der Waals surface area contributed by atoms with Crippen molar-refractivity contribution in [3.05, 3.63) is 0 Å². The quantitative estimate of drug-likeness (QED) is 0.670. The standard InChI is InChI=1S/C10H18OS/c1-2-7-12-10(11)8-9-5-3-4-6-9/h9H,2-8H2,1H3. The zero-order chi connectivity index (χ0) is 8.81. The van der Waals surface area contributed by atoms with Gasteiger partial charge in [-0.05, 0) is 25.2 Å². The van der Waals surface area contributed by atoms with Gasteiger partial charge >= 0.3 is 0 Å². The molecule has 0 amide bonds. The molecule has 0 heterocycles. The van der Waals surface area contributed by atoms with Crippen LogP contribution in [0.5, 0.6) is 0 Å². The van der Waals surface area contributed by atoms with Gasteiger partial charge in [-0.15, -0.1) is 0 Å². The van der Waals surface area contributed by atoms with E-state index in [4.69, 9.17) is 0 Å². The minimum atomic E-state index is 0.420. The molecule has 0 aromatic carbocycles. The summed E-state index contributed by atoms with van der Waals surface area (Å²) in [6.45, 7) is 2.12. The van der Waals surface area contributed by atoms with E-state index >= 15 is 0 Å². The lowest BCUT2D eigenvalue weighted by Gasteiger charge is -2.05. The van der Waals surface area contributed by atoms with Gasteiger partial charge in [0, 0.05) is 12.2 Å². The number of thioether (sulfide) groups is 1. The predicted molar refractivity (Wildman–Crippen MR) is 54.3 cm³/mol. The van der Waals surface area contributed by atoms with Crippen LogP contribution in [0.2, 0.25) is 0 Å². The maximum atomic E-state index is 11.3. The van der Waals surface area contributed by atoms with Crippen molar-refractivity contribution in [2.24, 2.45) is 5.92 Å². The van der Waals surface area contributed by atoms with Gasteiger partial charge in [0.2, 0.25) is 0 Å². The van der Waals surface area contributed by atoms with Crippen molar-refractivity contribution in [1.82, 2.24) is 0 Å². The highest BCUT2D eigenvalue weighted by Crippen LogP contribution is 2.29. The Morgan fingerprint density at radius 3 is 2.67 bits per heavy atom. The van der Waals surface area contributed by atoms with Gasteiger partial charge in [0.1, 0.15) is 0 Å². The van der Waals surface area contributed by atoms with Crippen molar-refractivity contribution in [1.29, 1.82) is 0 Å². The highest BCUT2D eigenvalue weighted by atomic mass is 32.2. The first-order valence-corrected chi connectivity index (χ1v) is 5.97. The molecular formula is C10H18OS. The van der Waals surface area contributed by atoms with Crippen LogP contribution in [0.1, 0.15) is 45.4 Å². The van der Waals surface area contributed by atoms with Crippen LogP contribution in [0.4, 0.5) is 0 Å². The van der Waals surface area contributed by atoms with Gasteiger partial charge in [-0.1, -0.05) is 31.5 Å². The minimum absolute atomic E-state index is 0.420. The van der Waals surface area contributed by atoms with E-state index in [2.05, 4.69) is 6.92 Å². The summed E-state index contributed by atoms with van der Waals surface area (Å²) >= 11 is 1.52. The molecule has 0 unspecified atom stereocenters. The van der Waals surface area contributed by atoms with E-state index in [1.807, 2.05) is 0 Å². The molecular weight excluding hydrogens is 168 g/mol. The molecule has 0 aromatic rings. The van der Waals surface area contributed by atoms with E-state index in [-0.39, 0.29) is 0 Å². The Balaban J connectivity index is 2.08. The van der Waals surface area contributed by atoms with E-state index in [1.54, 1.807) is 0 Å². The van der Waals surface area contributed by atoms with Gasteiger partial charge in [-0.3, -0.25) is 4.79 Å². The van der Waals surface area contributed by atoms with Crippen molar-refractivity contribution in [2.75, 3.05) is 5.75 Å². The monoisotopic (exact) mass is 186 g/mol. The van der Waals surface area contributed by atoms with Crippen molar-refractivity contribution < 1.29 is 4.79 Å². The summed E-state index contributed by atoms with van der Waals surface area (Å²) in [5, 5.41) is 0.420. The smallest absolute Gasteiger partial charge is 0.189 e. The first-order valence-electron chi connectivity index (χ1n) is 4.98. The molecule has 0 bridgehead atoms. The van der Waals surface area contributed by atoms with Crippen molar-refractivity contribution in [3.8, 4) is 0 Å². The number of carbonyl (C=O) groups excluding carboxylic acids is 1. The van der Waals surface area contributed by atoms with Crippen molar-refractivity contribution in [2.45, 2.75) is 45.4 Å². The number of hydrogen-bond acceptors (Lipinski definition) is 2. The molecule has 1 rings (SSSR count). The van der Waals surface area contributed by atoms with Gasteiger partial charge in [-0.25, -0.2) is 0 Å². The molecule has 0 saturated heterocycles. The van der Waals surface area contributed by atoms with Crippen LogP contribution in [0.15, 0.2) is 0 Å². The molecule has 1 aliphatic carbocycles. The molecule has 70 valence electrons. The van der Waals surface area contributed by atoms with Gasteiger partial charge in [-0.2, -0.15) is 0 Å². The molecule has 12 heavy (non-hydrogen) atoms. The third-order valence-electron chi connectivity index (χ3n) is 2.40. The van der Waals surface area contributed by atoms with Crippen molar-refractivity contribution in [3.63, 3.8) is 0 Å². The van der Waals surface area contributed by atoms with Crippen LogP contribution in [0.25, 0.3) is 0 Å². The van der Waals surface area contributed by atoms with Gasteiger partial charge in [0.05, 0.1) is 0 Å². The molecule has 0 N–H and O–H groups in total. The fourth-order valence-electron chi connectivity index (χ4n) is 1.73. The molecule has 1 fully saturated rings. The summed E-state index contributed by atoms with van der Waals surface area (Å²) in [6.07, 6.45) is 7.22. The Morgan fingerprint density at radius 1 is 1.42 bits per heavy atom. The predicted octanol–water partition coefficient (Wildman–Crippen LogP) is 3.24. The highest BCUT2D eigenvalue weighted by Gasteiger charge is 2.18. The van der Waals surface area contributed by atoms with Crippen LogP contribution >= 0.6 is 11.8 Å². The molecule has 0 aliphatic heterocycles. The topological polar surface area (TPSA) is 17.1 Å². The molecule has 1 aliphatic rings. The van der Waals surface area contributed by atoms with Gasteiger partial charge in [0.25, 0.3) is 0 Å². The molecule has 2 heteroatoms. The Kier molecular flexibility index (Phi) is 4.74. The minimum Gasteiger partial charge on any atom is -0.287 e. The van der Waals surface area contributed by atoms with Crippen molar-refractivity contribution >= 4 is 16.9 Å². The maximum absolute atomic E-state index is 11.3. The summed E-state index contributed by atoms with van der Waals surface area (Å²) < 4.78 is 0. The third-order valence-corrected chi connectivity index (χ3v) is 3.50.